The van der Waals surface area contributed by atoms with Gasteiger partial charge in [-0.3, -0.25) is 0 Å². The molecule has 0 aliphatic carbocycles. The molecule has 5 nitrogen and oxygen atoms in total. The third-order valence-corrected chi connectivity index (χ3v) is 4.36. The second kappa shape index (κ2) is 7.21. The van der Waals surface area contributed by atoms with Crippen molar-refractivity contribution in [3.8, 4) is 0 Å². The highest BCUT2D eigenvalue weighted by molar-refractivity contribution is 7.89. The molecule has 0 atom stereocenters. The maximum atomic E-state index is 11.8. The number of nitrogens with zero attached hydrogens (tertiary/aromatic N) is 1. The smallest absolute Gasteiger partial charge is 0.211 e. The van der Waals surface area contributed by atoms with Gasteiger partial charge in [0.25, 0.3) is 0 Å². The molecule has 0 saturated heterocycles. The van der Waals surface area contributed by atoms with Gasteiger partial charge in [-0.05, 0) is 18.4 Å². The molecule has 0 unspecified atom stereocenters. The molecule has 108 valence electrons. The second-order valence-corrected chi connectivity index (χ2v) is 6.51. The Bertz CT molecular complexity index is 595. The first-order valence-corrected chi connectivity index (χ1v) is 8.30. The monoisotopic (exact) mass is 293 g/mol. The molecule has 1 aromatic heterocycles. The molecule has 0 aliphatic heterocycles. The normalized spacial score (nSPS) is 11.6. The van der Waals surface area contributed by atoms with Crippen LogP contribution in [0.5, 0.6) is 0 Å². The van der Waals surface area contributed by atoms with Gasteiger partial charge in [0.2, 0.25) is 10.0 Å². The van der Waals surface area contributed by atoms with E-state index in [1.54, 1.807) is 12.4 Å². The summed E-state index contributed by atoms with van der Waals surface area (Å²) in [4.78, 5) is 7.09. The number of sulfonamides is 1. The van der Waals surface area contributed by atoms with E-state index in [1.165, 1.54) is 0 Å². The number of imidazole rings is 1. The van der Waals surface area contributed by atoms with E-state index in [1.807, 2.05) is 30.3 Å². The highest BCUT2D eigenvalue weighted by Gasteiger charge is 2.09. The van der Waals surface area contributed by atoms with Crippen LogP contribution in [0.15, 0.2) is 42.7 Å². The first-order valence-electron chi connectivity index (χ1n) is 6.65. The van der Waals surface area contributed by atoms with Crippen molar-refractivity contribution in [3.05, 3.63) is 54.1 Å². The van der Waals surface area contributed by atoms with Gasteiger partial charge in [0.1, 0.15) is 5.82 Å². The van der Waals surface area contributed by atoms with E-state index in [9.17, 15) is 8.42 Å². The Labute approximate surface area is 119 Å². The lowest BCUT2D eigenvalue weighted by Gasteiger charge is -2.06. The Kier molecular flexibility index (Phi) is 5.31. The summed E-state index contributed by atoms with van der Waals surface area (Å²) in [6.07, 6.45) is 5.47. The molecule has 0 amide bonds. The van der Waals surface area contributed by atoms with Crippen LogP contribution in [-0.4, -0.2) is 30.7 Å². The molecule has 0 fully saturated rings. The summed E-state index contributed by atoms with van der Waals surface area (Å²) in [7, 11) is -3.20. The van der Waals surface area contributed by atoms with Crippen LogP contribution in [0.4, 0.5) is 0 Å². The largest absolute Gasteiger partial charge is 0.349 e. The minimum absolute atomic E-state index is 0.123. The fourth-order valence-electron chi connectivity index (χ4n) is 1.89. The predicted octanol–water partition coefficient (Wildman–Crippen LogP) is 1.50. The number of H-pyrrole nitrogens is 1. The molecule has 1 heterocycles. The molecule has 0 radical (unpaired) electrons. The Hall–Kier alpha value is -1.66. The lowest BCUT2D eigenvalue weighted by Crippen LogP contribution is -2.28. The van der Waals surface area contributed by atoms with Gasteiger partial charge in [0.15, 0.2) is 0 Å². The zero-order chi connectivity index (χ0) is 14.3. The highest BCUT2D eigenvalue weighted by Crippen LogP contribution is 2.01. The second-order valence-electron chi connectivity index (χ2n) is 4.59. The third-order valence-electron chi connectivity index (χ3n) is 2.97. The van der Waals surface area contributed by atoms with Gasteiger partial charge in [0, 0.05) is 25.4 Å². The topological polar surface area (TPSA) is 74.8 Å². The van der Waals surface area contributed by atoms with Crippen molar-refractivity contribution in [1.29, 1.82) is 0 Å². The fourth-order valence-corrected chi connectivity index (χ4v) is 2.99. The molecule has 0 aliphatic rings. The minimum Gasteiger partial charge on any atom is -0.349 e. The Balaban J connectivity index is 1.68. The number of hydrogen-bond acceptors (Lipinski definition) is 3. The van der Waals surface area contributed by atoms with E-state index in [-0.39, 0.29) is 5.75 Å². The van der Waals surface area contributed by atoms with Crippen molar-refractivity contribution in [3.63, 3.8) is 0 Å². The Morgan fingerprint density at radius 2 is 1.95 bits per heavy atom. The number of hydrogen-bond donors (Lipinski definition) is 2. The molecular formula is C14H19N3O2S. The van der Waals surface area contributed by atoms with Crippen molar-refractivity contribution < 1.29 is 8.42 Å². The molecule has 20 heavy (non-hydrogen) atoms. The van der Waals surface area contributed by atoms with Crippen molar-refractivity contribution in [2.75, 3.05) is 12.3 Å². The average Bonchev–Trinajstić information content (AvgIpc) is 2.96. The summed E-state index contributed by atoms with van der Waals surface area (Å²) in [5.74, 6) is 1.01. The quantitative estimate of drug-likeness (QED) is 0.724. The lowest BCUT2D eigenvalue weighted by atomic mass is 10.2. The molecule has 0 bridgehead atoms. The summed E-state index contributed by atoms with van der Waals surface area (Å²) in [6, 6.07) is 9.63. The van der Waals surface area contributed by atoms with E-state index < -0.39 is 10.0 Å². The van der Waals surface area contributed by atoms with Crippen LogP contribution in [0, 0.1) is 0 Å². The van der Waals surface area contributed by atoms with Crippen molar-refractivity contribution in [2.45, 2.75) is 19.3 Å². The van der Waals surface area contributed by atoms with E-state index >= 15 is 0 Å². The van der Waals surface area contributed by atoms with Crippen LogP contribution in [0.2, 0.25) is 0 Å². The van der Waals surface area contributed by atoms with Gasteiger partial charge in [0.05, 0.1) is 5.75 Å². The van der Waals surface area contributed by atoms with E-state index in [4.69, 9.17) is 0 Å². The first-order chi connectivity index (χ1) is 9.66. The maximum Gasteiger partial charge on any atom is 0.211 e. The molecular weight excluding hydrogens is 274 g/mol. The number of aromatic nitrogens is 2. The van der Waals surface area contributed by atoms with Gasteiger partial charge >= 0.3 is 0 Å². The van der Waals surface area contributed by atoms with Crippen LogP contribution in [0.25, 0.3) is 0 Å². The summed E-state index contributed by atoms with van der Waals surface area (Å²) >= 11 is 0. The zero-order valence-electron chi connectivity index (χ0n) is 11.2. The fraction of sp³-hybridized carbons (Fsp3) is 0.357. The zero-order valence-corrected chi connectivity index (χ0v) is 12.1. The molecule has 6 heteroatoms. The highest BCUT2D eigenvalue weighted by atomic mass is 32.2. The van der Waals surface area contributed by atoms with Gasteiger partial charge < -0.3 is 4.98 Å². The number of benzene rings is 1. The Morgan fingerprint density at radius 3 is 2.65 bits per heavy atom. The van der Waals surface area contributed by atoms with Crippen molar-refractivity contribution >= 4 is 10.0 Å². The number of aromatic amines is 1. The standard InChI is InChI=1S/C14H19N3O2S/c18-20(19,12-8-13-5-2-1-3-6-13)17-9-4-7-14-15-10-11-16-14/h1-3,5-6,10-11,17H,4,7-9,12H2,(H,15,16). The lowest BCUT2D eigenvalue weighted by molar-refractivity contribution is 0.577. The summed E-state index contributed by atoms with van der Waals surface area (Å²) in [5.41, 5.74) is 1.04. The number of nitrogens with one attached hydrogen (secondary N) is 2. The molecule has 2 N–H and O–H groups in total. The number of rotatable bonds is 8. The van der Waals surface area contributed by atoms with Crippen LogP contribution < -0.4 is 4.72 Å². The number of aryl methyl sites for hydroxylation is 2. The molecule has 2 rings (SSSR count). The SMILES string of the molecule is O=S(=O)(CCc1ccccc1)NCCCc1ncc[nH]1. The van der Waals surface area contributed by atoms with Crippen LogP contribution in [0.1, 0.15) is 17.8 Å². The van der Waals surface area contributed by atoms with Gasteiger partial charge in [-0.1, -0.05) is 30.3 Å². The molecule has 0 saturated carbocycles. The van der Waals surface area contributed by atoms with Crippen LogP contribution >= 0.6 is 0 Å². The molecule has 1 aromatic carbocycles. The first kappa shape index (κ1) is 14.7. The minimum atomic E-state index is -3.20. The average molecular weight is 293 g/mol. The van der Waals surface area contributed by atoms with Crippen molar-refractivity contribution in [2.24, 2.45) is 0 Å². The predicted molar refractivity (Wildman–Crippen MR) is 78.8 cm³/mol. The van der Waals surface area contributed by atoms with E-state index in [2.05, 4.69) is 14.7 Å². The van der Waals surface area contributed by atoms with Gasteiger partial charge in [-0.2, -0.15) is 0 Å². The van der Waals surface area contributed by atoms with Gasteiger partial charge in [-0.15, -0.1) is 0 Å². The van der Waals surface area contributed by atoms with E-state index in [0.29, 0.717) is 13.0 Å². The summed E-state index contributed by atoms with van der Waals surface area (Å²) in [6.45, 7) is 0.442. The van der Waals surface area contributed by atoms with Crippen molar-refractivity contribution in [1.82, 2.24) is 14.7 Å². The molecule has 0 spiro atoms. The summed E-state index contributed by atoms with van der Waals surface area (Å²) in [5, 5.41) is 0. The maximum absolute atomic E-state index is 11.8. The summed E-state index contributed by atoms with van der Waals surface area (Å²) < 4.78 is 26.3. The van der Waals surface area contributed by atoms with Gasteiger partial charge in [-0.25, -0.2) is 18.1 Å². The van der Waals surface area contributed by atoms with Crippen LogP contribution in [0.3, 0.4) is 0 Å². The third kappa shape index (κ3) is 5.14. The Morgan fingerprint density at radius 1 is 1.15 bits per heavy atom. The van der Waals surface area contributed by atoms with Crippen LogP contribution in [-0.2, 0) is 22.9 Å². The van der Waals surface area contributed by atoms with E-state index in [0.717, 1.165) is 24.2 Å². The molecule has 2 aromatic rings.